The summed E-state index contributed by atoms with van der Waals surface area (Å²) in [6.07, 6.45) is 0.389. The van der Waals surface area contributed by atoms with Crippen LogP contribution in [0.4, 0.5) is 4.79 Å². The maximum absolute atomic E-state index is 10.9. The zero-order valence-electron chi connectivity index (χ0n) is 12.5. The number of aromatic hydroxyl groups is 1. The van der Waals surface area contributed by atoms with Crippen LogP contribution >= 0.6 is 0 Å². The van der Waals surface area contributed by atoms with Gasteiger partial charge in [0.1, 0.15) is 5.75 Å². The fourth-order valence-electron chi connectivity index (χ4n) is 1.92. The predicted molar refractivity (Wildman–Crippen MR) is 76.9 cm³/mol. The molecular weight excluding hydrogens is 258 g/mol. The molecule has 0 unspecified atom stereocenters. The van der Waals surface area contributed by atoms with Crippen molar-refractivity contribution < 1.29 is 19.4 Å². The number of amides is 1. The highest BCUT2D eigenvalue weighted by molar-refractivity contribution is 5.66. The molecular formula is C15H23NO4. The fraction of sp³-hybridized carbons (Fsp3) is 0.533. The highest BCUT2D eigenvalue weighted by Crippen LogP contribution is 2.32. The number of carbonyl (C=O) groups is 1. The van der Waals surface area contributed by atoms with Gasteiger partial charge in [-0.2, -0.15) is 0 Å². The van der Waals surface area contributed by atoms with Crippen LogP contribution in [-0.4, -0.2) is 31.5 Å². The Labute approximate surface area is 119 Å². The minimum atomic E-state index is -0.631. The first-order valence-electron chi connectivity index (χ1n) is 6.69. The zero-order chi connectivity index (χ0) is 15.2. The molecule has 2 N–H and O–H groups in total. The van der Waals surface area contributed by atoms with Gasteiger partial charge in [0.25, 0.3) is 0 Å². The van der Waals surface area contributed by atoms with Gasteiger partial charge in [-0.15, -0.1) is 0 Å². The molecule has 0 heterocycles. The van der Waals surface area contributed by atoms with E-state index in [1.165, 1.54) is 7.11 Å². The Morgan fingerprint density at radius 2 is 2.10 bits per heavy atom. The Balaban J connectivity index is 2.61. The lowest BCUT2D eigenvalue weighted by atomic mass is 9.95. The van der Waals surface area contributed by atoms with E-state index >= 15 is 0 Å². The largest absolute Gasteiger partial charge is 0.508 e. The smallest absolute Gasteiger partial charge is 0.406 e. The molecule has 5 heteroatoms. The van der Waals surface area contributed by atoms with Gasteiger partial charge in [-0.3, -0.25) is 0 Å². The van der Waals surface area contributed by atoms with Crippen LogP contribution in [0, 0.1) is 0 Å². The average molecular weight is 281 g/mol. The third-order valence-corrected chi connectivity index (χ3v) is 3.14. The fourth-order valence-corrected chi connectivity index (χ4v) is 1.92. The minimum absolute atomic E-state index is 0.232. The summed E-state index contributed by atoms with van der Waals surface area (Å²) in [5, 5.41) is 12.6. The van der Waals surface area contributed by atoms with E-state index in [2.05, 4.69) is 10.1 Å². The van der Waals surface area contributed by atoms with Gasteiger partial charge in [0.05, 0.1) is 19.3 Å². The molecule has 1 rings (SSSR count). The molecule has 1 amide bonds. The van der Waals surface area contributed by atoms with Gasteiger partial charge in [-0.1, -0.05) is 19.1 Å². The van der Waals surface area contributed by atoms with Crippen LogP contribution in [0.2, 0.25) is 0 Å². The number of nitrogens with one attached hydrogen (secondary N) is 1. The second-order valence-electron chi connectivity index (χ2n) is 4.98. The van der Waals surface area contributed by atoms with Crippen LogP contribution in [-0.2, 0) is 21.5 Å². The maximum atomic E-state index is 10.9. The van der Waals surface area contributed by atoms with Crippen LogP contribution in [0.3, 0.4) is 0 Å². The van der Waals surface area contributed by atoms with Crippen LogP contribution in [0.5, 0.6) is 5.75 Å². The summed E-state index contributed by atoms with van der Waals surface area (Å²) in [5.41, 5.74) is 1.18. The highest BCUT2D eigenvalue weighted by Gasteiger charge is 2.24. The van der Waals surface area contributed by atoms with Crippen molar-refractivity contribution in [3.8, 4) is 5.75 Å². The van der Waals surface area contributed by atoms with Crippen LogP contribution < -0.4 is 5.32 Å². The van der Waals surface area contributed by atoms with Gasteiger partial charge in [-0.25, -0.2) is 4.79 Å². The number of rotatable bonds is 6. The van der Waals surface area contributed by atoms with Crippen molar-refractivity contribution in [2.45, 2.75) is 32.8 Å². The predicted octanol–water partition coefficient (Wildman–Crippen LogP) is 2.56. The summed E-state index contributed by atoms with van der Waals surface area (Å²) in [5.74, 6) is 0.232. The quantitative estimate of drug-likeness (QED) is 0.786. The van der Waals surface area contributed by atoms with Gasteiger partial charge in [0.2, 0.25) is 0 Å². The van der Waals surface area contributed by atoms with E-state index in [-0.39, 0.29) is 5.75 Å². The Morgan fingerprint density at radius 3 is 2.65 bits per heavy atom. The van der Waals surface area contributed by atoms with Gasteiger partial charge in [-0.05, 0) is 31.9 Å². The zero-order valence-corrected chi connectivity index (χ0v) is 12.5. The number of ether oxygens (including phenoxy) is 2. The topological polar surface area (TPSA) is 67.8 Å². The van der Waals surface area contributed by atoms with Crippen molar-refractivity contribution in [2.75, 3.05) is 20.3 Å². The Kier molecular flexibility index (Phi) is 5.82. The molecule has 0 saturated heterocycles. The van der Waals surface area contributed by atoms with E-state index in [4.69, 9.17) is 4.74 Å². The maximum Gasteiger partial charge on any atom is 0.406 e. The number of hydrogen-bond acceptors (Lipinski definition) is 4. The van der Waals surface area contributed by atoms with Gasteiger partial charge in [0, 0.05) is 12.1 Å². The molecule has 0 spiro atoms. The van der Waals surface area contributed by atoms with Gasteiger partial charge >= 0.3 is 6.09 Å². The molecule has 5 nitrogen and oxygen atoms in total. The summed E-state index contributed by atoms with van der Waals surface area (Å²) < 4.78 is 10.2. The van der Waals surface area contributed by atoms with E-state index in [0.717, 1.165) is 17.5 Å². The first kappa shape index (κ1) is 16.3. The monoisotopic (exact) mass is 281 g/mol. The molecule has 0 fully saturated rings. The van der Waals surface area contributed by atoms with E-state index in [1.54, 1.807) is 6.07 Å². The lowest BCUT2D eigenvalue weighted by Crippen LogP contribution is -2.31. The van der Waals surface area contributed by atoms with Crippen molar-refractivity contribution in [1.82, 2.24) is 5.32 Å². The van der Waals surface area contributed by atoms with Gasteiger partial charge in [0.15, 0.2) is 0 Å². The molecule has 0 aliphatic carbocycles. The van der Waals surface area contributed by atoms with E-state index < -0.39 is 11.7 Å². The molecule has 0 atom stereocenters. The van der Waals surface area contributed by atoms with E-state index in [0.29, 0.717) is 13.2 Å². The van der Waals surface area contributed by atoms with Crippen molar-refractivity contribution >= 4 is 6.09 Å². The number of methoxy groups -OCH3 is 1. The number of carbonyl (C=O) groups excluding carboxylic acids is 1. The SMILES string of the molecule is CCc1ccc(C(C)(C)OCCNC(=O)OC)c(O)c1. The first-order valence-corrected chi connectivity index (χ1v) is 6.69. The normalized spacial score (nSPS) is 11.2. The Bertz CT molecular complexity index is 457. The third-order valence-electron chi connectivity index (χ3n) is 3.14. The highest BCUT2D eigenvalue weighted by atomic mass is 16.5. The number of alkyl carbamates (subject to hydrolysis) is 1. The molecule has 112 valence electrons. The Hall–Kier alpha value is -1.75. The van der Waals surface area contributed by atoms with Crippen molar-refractivity contribution in [2.24, 2.45) is 0 Å². The average Bonchev–Trinajstić information content (AvgIpc) is 2.42. The third kappa shape index (κ3) is 4.42. The molecule has 20 heavy (non-hydrogen) atoms. The number of phenols is 1. The number of hydrogen-bond donors (Lipinski definition) is 2. The molecule has 1 aromatic rings. The summed E-state index contributed by atoms with van der Waals surface area (Å²) >= 11 is 0. The second kappa shape index (κ2) is 7.14. The summed E-state index contributed by atoms with van der Waals surface area (Å²) in [4.78, 5) is 10.9. The van der Waals surface area contributed by atoms with E-state index in [9.17, 15) is 9.90 Å². The first-order chi connectivity index (χ1) is 9.40. The number of aryl methyl sites for hydroxylation is 1. The van der Waals surface area contributed by atoms with Crippen LogP contribution in [0.25, 0.3) is 0 Å². The number of benzene rings is 1. The lowest BCUT2D eigenvalue weighted by Gasteiger charge is -2.27. The second-order valence-corrected chi connectivity index (χ2v) is 4.98. The standard InChI is InChI=1S/C15H23NO4/c1-5-11-6-7-12(13(17)10-11)15(2,3)20-9-8-16-14(18)19-4/h6-7,10,17H,5,8-9H2,1-4H3,(H,16,18). The molecule has 0 aliphatic heterocycles. The summed E-state index contributed by atoms with van der Waals surface area (Å²) in [7, 11) is 1.31. The van der Waals surface area contributed by atoms with Crippen LogP contribution in [0.15, 0.2) is 18.2 Å². The van der Waals surface area contributed by atoms with Gasteiger partial charge < -0.3 is 19.9 Å². The molecule has 0 radical (unpaired) electrons. The molecule has 1 aromatic carbocycles. The Morgan fingerprint density at radius 1 is 1.40 bits per heavy atom. The molecule has 0 saturated carbocycles. The minimum Gasteiger partial charge on any atom is -0.508 e. The van der Waals surface area contributed by atoms with Crippen molar-refractivity contribution in [1.29, 1.82) is 0 Å². The summed E-state index contributed by atoms with van der Waals surface area (Å²) in [6.45, 7) is 6.48. The molecule has 0 aliphatic rings. The van der Waals surface area contributed by atoms with Crippen LogP contribution in [0.1, 0.15) is 31.9 Å². The number of phenolic OH excluding ortho intramolecular Hbond substituents is 1. The van der Waals surface area contributed by atoms with E-state index in [1.807, 2.05) is 32.9 Å². The lowest BCUT2D eigenvalue weighted by molar-refractivity contribution is -0.0209. The molecule has 0 bridgehead atoms. The van der Waals surface area contributed by atoms with Crippen molar-refractivity contribution in [3.05, 3.63) is 29.3 Å². The van der Waals surface area contributed by atoms with Crippen molar-refractivity contribution in [3.63, 3.8) is 0 Å². The summed E-state index contributed by atoms with van der Waals surface area (Å²) in [6, 6.07) is 5.61. The molecule has 0 aromatic heterocycles.